The molecule has 1 aromatic rings. The molecule has 5 nitrogen and oxygen atoms in total. The number of carbonyl (C=O) groups is 2. The molecule has 0 spiro atoms. The lowest BCUT2D eigenvalue weighted by Crippen LogP contribution is -2.39. The van der Waals surface area contributed by atoms with Gasteiger partial charge in [-0.1, -0.05) is 30.3 Å². The van der Waals surface area contributed by atoms with Gasteiger partial charge in [0.1, 0.15) is 6.04 Å². The topological polar surface area (TPSA) is 84.5 Å². The maximum Gasteiger partial charge on any atom is 0.246 e. The van der Waals surface area contributed by atoms with Crippen molar-refractivity contribution in [2.75, 3.05) is 12.3 Å². The van der Waals surface area contributed by atoms with E-state index in [1.165, 1.54) is 11.8 Å². The predicted molar refractivity (Wildman–Crippen MR) is 71.4 cm³/mol. The first-order valence-corrected chi connectivity index (χ1v) is 6.47. The Hall–Kier alpha value is -1.82. The number of primary amides is 1. The molecule has 1 unspecified atom stereocenters. The van der Waals surface area contributed by atoms with Crippen molar-refractivity contribution in [3.8, 4) is 0 Å². The van der Waals surface area contributed by atoms with Crippen LogP contribution in [0.15, 0.2) is 35.3 Å². The van der Waals surface area contributed by atoms with Crippen LogP contribution in [0.5, 0.6) is 0 Å². The monoisotopic (exact) mass is 263 g/mol. The molecule has 0 saturated carbocycles. The zero-order chi connectivity index (χ0) is 13.0. The summed E-state index contributed by atoms with van der Waals surface area (Å²) in [5.41, 5.74) is 5.97. The van der Waals surface area contributed by atoms with E-state index in [9.17, 15) is 9.59 Å². The van der Waals surface area contributed by atoms with Crippen molar-refractivity contribution in [1.29, 1.82) is 0 Å². The SMILES string of the molecule is NC(=O)CNC(=O)C1CSC(c2ccccc2)=N1. The Bertz CT molecular complexity index is 487. The molecule has 1 aliphatic rings. The van der Waals surface area contributed by atoms with Gasteiger partial charge in [-0.2, -0.15) is 0 Å². The highest BCUT2D eigenvalue weighted by molar-refractivity contribution is 8.14. The lowest BCUT2D eigenvalue weighted by atomic mass is 10.2. The van der Waals surface area contributed by atoms with Gasteiger partial charge >= 0.3 is 0 Å². The van der Waals surface area contributed by atoms with Crippen molar-refractivity contribution in [3.05, 3.63) is 35.9 Å². The minimum absolute atomic E-state index is 0.143. The molecule has 0 fully saturated rings. The van der Waals surface area contributed by atoms with Gasteiger partial charge in [-0.25, -0.2) is 0 Å². The molecule has 2 rings (SSSR count). The Morgan fingerprint density at radius 3 is 2.78 bits per heavy atom. The third-order valence-corrected chi connectivity index (χ3v) is 3.51. The van der Waals surface area contributed by atoms with Crippen molar-refractivity contribution in [1.82, 2.24) is 5.32 Å². The van der Waals surface area contributed by atoms with Crippen molar-refractivity contribution >= 4 is 28.6 Å². The number of aliphatic imine (C=N–C) groups is 1. The minimum atomic E-state index is -0.554. The quantitative estimate of drug-likeness (QED) is 0.811. The zero-order valence-electron chi connectivity index (χ0n) is 9.63. The van der Waals surface area contributed by atoms with E-state index < -0.39 is 11.9 Å². The zero-order valence-corrected chi connectivity index (χ0v) is 10.4. The Morgan fingerprint density at radius 2 is 2.11 bits per heavy atom. The van der Waals surface area contributed by atoms with E-state index in [0.29, 0.717) is 5.75 Å². The molecule has 1 heterocycles. The summed E-state index contributed by atoms with van der Waals surface area (Å²) in [6.07, 6.45) is 0. The summed E-state index contributed by atoms with van der Waals surface area (Å²) in [5, 5.41) is 3.32. The largest absolute Gasteiger partial charge is 0.368 e. The molecule has 0 radical (unpaired) electrons. The molecule has 0 bridgehead atoms. The van der Waals surface area contributed by atoms with Crippen LogP contribution in [0.1, 0.15) is 5.56 Å². The maximum atomic E-state index is 11.7. The number of hydrogen-bond donors (Lipinski definition) is 2. The molecule has 0 saturated heterocycles. The Kier molecular flexibility index (Phi) is 3.99. The van der Waals surface area contributed by atoms with E-state index in [1.54, 1.807) is 0 Å². The smallest absolute Gasteiger partial charge is 0.246 e. The van der Waals surface area contributed by atoms with Crippen molar-refractivity contribution in [3.63, 3.8) is 0 Å². The summed E-state index contributed by atoms with van der Waals surface area (Å²) in [6, 6.07) is 9.26. The number of thioether (sulfide) groups is 1. The van der Waals surface area contributed by atoms with Crippen molar-refractivity contribution in [2.24, 2.45) is 10.7 Å². The third-order valence-electron chi connectivity index (χ3n) is 2.41. The second-order valence-corrected chi connectivity index (χ2v) is 4.82. The van der Waals surface area contributed by atoms with Crippen LogP contribution in [0.4, 0.5) is 0 Å². The number of amides is 2. The summed E-state index contributed by atoms with van der Waals surface area (Å²) in [4.78, 5) is 26.6. The van der Waals surface area contributed by atoms with Crippen molar-refractivity contribution in [2.45, 2.75) is 6.04 Å². The highest BCUT2D eigenvalue weighted by Gasteiger charge is 2.25. The molecule has 0 aromatic heterocycles. The number of benzene rings is 1. The molecule has 3 N–H and O–H groups in total. The van der Waals surface area contributed by atoms with E-state index in [0.717, 1.165) is 10.6 Å². The van der Waals surface area contributed by atoms with E-state index in [2.05, 4.69) is 10.3 Å². The Balaban J connectivity index is 2.00. The number of hydrogen-bond acceptors (Lipinski definition) is 4. The number of rotatable bonds is 4. The van der Waals surface area contributed by atoms with Crippen LogP contribution in [-0.2, 0) is 9.59 Å². The second kappa shape index (κ2) is 5.68. The van der Waals surface area contributed by atoms with Gasteiger partial charge in [-0.15, -0.1) is 11.8 Å². The average molecular weight is 263 g/mol. The van der Waals surface area contributed by atoms with E-state index >= 15 is 0 Å². The lowest BCUT2D eigenvalue weighted by molar-refractivity contribution is -0.125. The fourth-order valence-electron chi connectivity index (χ4n) is 1.54. The average Bonchev–Trinajstić information content (AvgIpc) is 2.86. The Labute approximate surface area is 109 Å². The number of carbonyl (C=O) groups excluding carboxylic acids is 2. The summed E-state index contributed by atoms with van der Waals surface area (Å²) in [5.74, 6) is -0.219. The van der Waals surface area contributed by atoms with E-state index in [-0.39, 0.29) is 12.5 Å². The van der Waals surface area contributed by atoms with Crippen molar-refractivity contribution < 1.29 is 9.59 Å². The predicted octanol–water partition coefficient (Wildman–Crippen LogP) is 0.150. The molecule has 0 aliphatic carbocycles. The van der Waals surface area contributed by atoms with Gasteiger partial charge in [0.15, 0.2) is 0 Å². The second-order valence-electron chi connectivity index (χ2n) is 3.81. The van der Waals surface area contributed by atoms with Crippen LogP contribution >= 0.6 is 11.8 Å². The summed E-state index contributed by atoms with van der Waals surface area (Å²) < 4.78 is 0. The van der Waals surface area contributed by atoms with Crippen LogP contribution in [0.3, 0.4) is 0 Å². The third kappa shape index (κ3) is 3.10. The molecule has 94 valence electrons. The van der Waals surface area contributed by atoms with Gasteiger partial charge in [-0.3, -0.25) is 14.6 Å². The van der Waals surface area contributed by atoms with Gasteiger partial charge in [0.05, 0.1) is 11.6 Å². The fourth-order valence-corrected chi connectivity index (χ4v) is 2.59. The van der Waals surface area contributed by atoms with Crippen LogP contribution in [-0.4, -0.2) is 35.2 Å². The first-order chi connectivity index (χ1) is 8.66. The molecule has 18 heavy (non-hydrogen) atoms. The first kappa shape index (κ1) is 12.6. The van der Waals surface area contributed by atoms with Gasteiger partial charge in [0, 0.05) is 11.3 Å². The number of nitrogens with one attached hydrogen (secondary N) is 1. The minimum Gasteiger partial charge on any atom is -0.368 e. The molecule has 1 aromatic carbocycles. The molecule has 2 amide bonds. The summed E-state index contributed by atoms with van der Waals surface area (Å²) in [7, 11) is 0. The van der Waals surface area contributed by atoms with Gasteiger partial charge < -0.3 is 11.1 Å². The summed E-state index contributed by atoms with van der Waals surface area (Å²) >= 11 is 1.54. The van der Waals surface area contributed by atoms with E-state index in [4.69, 9.17) is 5.73 Å². The summed E-state index contributed by atoms with van der Waals surface area (Å²) in [6.45, 7) is -0.143. The highest BCUT2D eigenvalue weighted by Crippen LogP contribution is 2.23. The molecular formula is C12H13N3O2S. The number of nitrogens with two attached hydrogens (primary N) is 1. The van der Waals surface area contributed by atoms with E-state index in [1.807, 2.05) is 30.3 Å². The normalized spacial score (nSPS) is 18.2. The first-order valence-electron chi connectivity index (χ1n) is 5.49. The van der Waals surface area contributed by atoms with Crippen LogP contribution in [0.2, 0.25) is 0 Å². The lowest BCUT2D eigenvalue weighted by Gasteiger charge is -2.05. The molecule has 1 aliphatic heterocycles. The van der Waals surface area contributed by atoms with Gasteiger partial charge in [0.25, 0.3) is 0 Å². The van der Waals surface area contributed by atoms with Crippen LogP contribution in [0.25, 0.3) is 0 Å². The number of nitrogens with zero attached hydrogens (tertiary/aromatic N) is 1. The highest BCUT2D eigenvalue weighted by atomic mass is 32.2. The van der Waals surface area contributed by atoms with Crippen LogP contribution in [0, 0.1) is 0 Å². The van der Waals surface area contributed by atoms with Gasteiger partial charge in [-0.05, 0) is 0 Å². The van der Waals surface area contributed by atoms with Crippen LogP contribution < -0.4 is 11.1 Å². The maximum absolute atomic E-state index is 11.7. The molecule has 1 atom stereocenters. The molecule has 6 heteroatoms. The van der Waals surface area contributed by atoms with Gasteiger partial charge in [0.2, 0.25) is 11.8 Å². The molecular weight excluding hydrogens is 250 g/mol. The Morgan fingerprint density at radius 1 is 1.39 bits per heavy atom. The standard InChI is InChI=1S/C12H13N3O2S/c13-10(16)6-14-11(17)9-7-18-12(15-9)8-4-2-1-3-5-8/h1-5,9H,6-7H2,(H2,13,16)(H,14,17). The fraction of sp³-hybridized carbons (Fsp3) is 0.250.